The highest BCUT2D eigenvalue weighted by Gasteiger charge is 2.09. The van der Waals surface area contributed by atoms with Crippen LogP contribution in [-0.2, 0) is 6.54 Å². The molecule has 0 fully saturated rings. The van der Waals surface area contributed by atoms with Crippen LogP contribution in [0, 0.1) is 0 Å². The minimum atomic E-state index is 0.611. The molecule has 4 nitrogen and oxygen atoms in total. The SMILES string of the molecule is C=CCN(CC=C)c1nc(CNC)co1. The van der Waals surface area contributed by atoms with Gasteiger partial charge in [-0.2, -0.15) is 4.98 Å². The van der Waals surface area contributed by atoms with Gasteiger partial charge >= 0.3 is 0 Å². The summed E-state index contributed by atoms with van der Waals surface area (Å²) >= 11 is 0. The summed E-state index contributed by atoms with van der Waals surface area (Å²) in [6.07, 6.45) is 5.28. The minimum absolute atomic E-state index is 0.611. The first-order valence-electron chi connectivity index (χ1n) is 4.87. The Morgan fingerprint density at radius 1 is 1.47 bits per heavy atom. The second kappa shape index (κ2) is 6.03. The fraction of sp³-hybridized carbons (Fsp3) is 0.364. The van der Waals surface area contributed by atoms with Gasteiger partial charge in [0.1, 0.15) is 6.26 Å². The van der Waals surface area contributed by atoms with Crippen molar-refractivity contribution in [2.75, 3.05) is 25.0 Å². The summed E-state index contributed by atoms with van der Waals surface area (Å²) in [6, 6.07) is 0.611. The Balaban J connectivity index is 2.71. The number of nitrogens with one attached hydrogen (secondary N) is 1. The molecule has 1 N–H and O–H groups in total. The molecule has 0 unspecified atom stereocenters. The van der Waals surface area contributed by atoms with Gasteiger partial charge in [-0.3, -0.25) is 0 Å². The number of anilines is 1. The Bertz CT molecular complexity index is 309. The molecule has 15 heavy (non-hydrogen) atoms. The first-order chi connectivity index (χ1) is 7.31. The molecule has 0 atom stereocenters. The van der Waals surface area contributed by atoms with E-state index in [0.29, 0.717) is 25.6 Å². The fourth-order valence-electron chi connectivity index (χ4n) is 1.25. The van der Waals surface area contributed by atoms with Crippen molar-refractivity contribution < 1.29 is 4.42 Å². The van der Waals surface area contributed by atoms with E-state index in [9.17, 15) is 0 Å². The van der Waals surface area contributed by atoms with E-state index < -0.39 is 0 Å². The number of rotatable bonds is 7. The van der Waals surface area contributed by atoms with Crippen molar-refractivity contribution in [3.63, 3.8) is 0 Å². The van der Waals surface area contributed by atoms with Crippen LogP contribution in [0.5, 0.6) is 0 Å². The number of aromatic nitrogens is 1. The fourth-order valence-corrected chi connectivity index (χ4v) is 1.25. The predicted molar refractivity (Wildman–Crippen MR) is 61.9 cm³/mol. The monoisotopic (exact) mass is 207 g/mol. The molecule has 0 radical (unpaired) electrons. The van der Waals surface area contributed by atoms with Gasteiger partial charge in [0.05, 0.1) is 5.69 Å². The van der Waals surface area contributed by atoms with Crippen LogP contribution in [0.4, 0.5) is 6.01 Å². The van der Waals surface area contributed by atoms with Gasteiger partial charge in [-0.15, -0.1) is 13.2 Å². The zero-order chi connectivity index (χ0) is 11.1. The first-order valence-corrected chi connectivity index (χ1v) is 4.87. The molecule has 0 amide bonds. The normalized spacial score (nSPS) is 9.93. The second-order valence-electron chi connectivity index (χ2n) is 3.13. The summed E-state index contributed by atoms with van der Waals surface area (Å²) in [4.78, 5) is 6.30. The van der Waals surface area contributed by atoms with Crippen molar-refractivity contribution in [1.82, 2.24) is 10.3 Å². The maximum absolute atomic E-state index is 5.36. The largest absolute Gasteiger partial charge is 0.432 e. The van der Waals surface area contributed by atoms with Gasteiger partial charge in [0, 0.05) is 19.6 Å². The van der Waals surface area contributed by atoms with E-state index in [2.05, 4.69) is 23.5 Å². The Kier molecular flexibility index (Phi) is 4.63. The molecule has 0 bridgehead atoms. The van der Waals surface area contributed by atoms with Gasteiger partial charge in [-0.05, 0) is 7.05 Å². The zero-order valence-corrected chi connectivity index (χ0v) is 9.07. The Hall–Kier alpha value is -1.55. The van der Waals surface area contributed by atoms with Crippen molar-refractivity contribution in [3.05, 3.63) is 37.3 Å². The molecule has 82 valence electrons. The van der Waals surface area contributed by atoms with E-state index in [1.54, 1.807) is 6.26 Å². The van der Waals surface area contributed by atoms with Crippen LogP contribution in [-0.4, -0.2) is 25.1 Å². The van der Waals surface area contributed by atoms with E-state index in [1.807, 2.05) is 24.1 Å². The van der Waals surface area contributed by atoms with Gasteiger partial charge in [-0.25, -0.2) is 0 Å². The quantitative estimate of drug-likeness (QED) is 0.689. The van der Waals surface area contributed by atoms with Gasteiger partial charge < -0.3 is 14.6 Å². The Labute approximate surface area is 90.3 Å². The molecule has 0 aliphatic heterocycles. The molecule has 0 aromatic carbocycles. The summed E-state index contributed by atoms with van der Waals surface area (Å²) in [5.41, 5.74) is 0.894. The molecule has 1 aromatic heterocycles. The highest BCUT2D eigenvalue weighted by molar-refractivity contribution is 5.29. The summed E-state index contributed by atoms with van der Waals surface area (Å²) in [7, 11) is 1.87. The van der Waals surface area contributed by atoms with Crippen LogP contribution >= 0.6 is 0 Å². The lowest BCUT2D eigenvalue weighted by Crippen LogP contribution is -2.23. The number of hydrogen-bond donors (Lipinski definition) is 1. The van der Waals surface area contributed by atoms with Crippen molar-refractivity contribution in [3.8, 4) is 0 Å². The molecule has 0 aliphatic carbocycles. The zero-order valence-electron chi connectivity index (χ0n) is 9.07. The van der Waals surface area contributed by atoms with E-state index in [1.165, 1.54) is 0 Å². The third-order valence-electron chi connectivity index (χ3n) is 1.87. The summed E-state index contributed by atoms with van der Waals surface area (Å²) in [5, 5.41) is 3.02. The molecule has 1 aromatic rings. The highest BCUT2D eigenvalue weighted by Crippen LogP contribution is 2.13. The van der Waals surface area contributed by atoms with Crippen molar-refractivity contribution in [1.29, 1.82) is 0 Å². The number of hydrogen-bond acceptors (Lipinski definition) is 4. The van der Waals surface area contributed by atoms with Crippen molar-refractivity contribution in [2.24, 2.45) is 0 Å². The van der Waals surface area contributed by atoms with E-state index in [4.69, 9.17) is 4.42 Å². The third kappa shape index (κ3) is 3.25. The molecule has 1 rings (SSSR count). The summed E-state index contributed by atoms with van der Waals surface area (Å²) in [6.45, 7) is 9.49. The van der Waals surface area contributed by atoms with Crippen LogP contribution in [0.25, 0.3) is 0 Å². The second-order valence-corrected chi connectivity index (χ2v) is 3.13. The molecule has 0 saturated heterocycles. The maximum Gasteiger partial charge on any atom is 0.298 e. The van der Waals surface area contributed by atoms with Crippen LogP contribution in [0.3, 0.4) is 0 Å². The molecule has 0 spiro atoms. The summed E-state index contributed by atoms with van der Waals surface area (Å²) < 4.78 is 5.36. The highest BCUT2D eigenvalue weighted by atomic mass is 16.4. The average molecular weight is 207 g/mol. The number of nitrogens with zero attached hydrogens (tertiary/aromatic N) is 2. The van der Waals surface area contributed by atoms with Crippen molar-refractivity contribution in [2.45, 2.75) is 6.54 Å². The maximum atomic E-state index is 5.36. The van der Waals surface area contributed by atoms with Crippen molar-refractivity contribution >= 4 is 6.01 Å². The van der Waals surface area contributed by atoms with Gasteiger partial charge in [0.2, 0.25) is 0 Å². The first kappa shape index (κ1) is 11.5. The van der Waals surface area contributed by atoms with Crippen LogP contribution in [0.1, 0.15) is 5.69 Å². The molecule has 0 saturated carbocycles. The average Bonchev–Trinajstić information content (AvgIpc) is 2.67. The van der Waals surface area contributed by atoms with Gasteiger partial charge in [0.25, 0.3) is 6.01 Å². The standard InChI is InChI=1S/C11H17N3O/c1-4-6-14(7-5-2)11-13-10(8-12-3)9-15-11/h4-5,9,12H,1-2,6-8H2,3H3. The third-order valence-corrected chi connectivity index (χ3v) is 1.87. The lowest BCUT2D eigenvalue weighted by molar-refractivity contribution is 0.545. The Morgan fingerprint density at radius 2 is 2.13 bits per heavy atom. The topological polar surface area (TPSA) is 41.3 Å². The van der Waals surface area contributed by atoms with Crippen LogP contribution < -0.4 is 10.2 Å². The molecular weight excluding hydrogens is 190 g/mol. The smallest absolute Gasteiger partial charge is 0.298 e. The lowest BCUT2D eigenvalue weighted by atomic mass is 10.4. The molecule has 1 heterocycles. The van der Waals surface area contributed by atoms with E-state index >= 15 is 0 Å². The predicted octanol–water partition coefficient (Wildman–Crippen LogP) is 1.57. The summed E-state index contributed by atoms with van der Waals surface area (Å²) in [5.74, 6) is 0. The number of oxazole rings is 1. The van der Waals surface area contributed by atoms with E-state index in [0.717, 1.165) is 5.69 Å². The molecular formula is C11H17N3O. The minimum Gasteiger partial charge on any atom is -0.432 e. The van der Waals surface area contributed by atoms with Crippen LogP contribution in [0.15, 0.2) is 36.0 Å². The van der Waals surface area contributed by atoms with E-state index in [-0.39, 0.29) is 0 Å². The Morgan fingerprint density at radius 3 is 2.67 bits per heavy atom. The lowest BCUT2D eigenvalue weighted by Gasteiger charge is -2.15. The molecule has 0 aliphatic rings. The van der Waals surface area contributed by atoms with Gasteiger partial charge in [0.15, 0.2) is 0 Å². The van der Waals surface area contributed by atoms with Crippen LogP contribution in [0.2, 0.25) is 0 Å². The molecule has 4 heteroatoms. The van der Waals surface area contributed by atoms with Gasteiger partial charge in [-0.1, -0.05) is 12.2 Å².